The molecule has 1 aromatic rings. The van der Waals surface area contributed by atoms with Crippen LogP contribution in [0.5, 0.6) is 0 Å². The van der Waals surface area contributed by atoms with Crippen LogP contribution in [0.25, 0.3) is 0 Å². The van der Waals surface area contributed by atoms with Crippen molar-refractivity contribution in [1.82, 2.24) is 10.1 Å². The van der Waals surface area contributed by atoms with Crippen molar-refractivity contribution >= 4 is 5.91 Å². The Balaban J connectivity index is 1.97. The van der Waals surface area contributed by atoms with E-state index in [0.29, 0.717) is 29.7 Å². The van der Waals surface area contributed by atoms with E-state index < -0.39 is 0 Å². The number of aryl methyl sites for hydroxylation is 1. The van der Waals surface area contributed by atoms with Crippen LogP contribution in [0.15, 0.2) is 4.52 Å². The summed E-state index contributed by atoms with van der Waals surface area (Å²) in [6.07, 6.45) is 4.67. The lowest BCUT2D eigenvalue weighted by Gasteiger charge is -2.25. The summed E-state index contributed by atoms with van der Waals surface area (Å²) in [6, 6.07) is 0. The molecule has 0 bridgehead atoms. The van der Waals surface area contributed by atoms with Gasteiger partial charge in [-0.2, -0.15) is 0 Å². The van der Waals surface area contributed by atoms with E-state index in [1.54, 1.807) is 4.90 Å². The topological polar surface area (TPSA) is 55.6 Å². The fourth-order valence-electron chi connectivity index (χ4n) is 2.71. The summed E-state index contributed by atoms with van der Waals surface area (Å²) in [5.74, 6) is 0.826. The summed E-state index contributed by atoms with van der Waals surface area (Å²) in [6.45, 7) is 7.39. The summed E-state index contributed by atoms with van der Waals surface area (Å²) in [7, 11) is 1.84. The Morgan fingerprint density at radius 3 is 2.81 bits per heavy atom. The first kappa shape index (κ1) is 16.0. The standard InChI is InChI=1S/C16H26N2O3/c1-11(2)15-14(12(3)17-21-15)16(19)18(4)9-8-13-7-5-6-10-20-13/h11,13H,5-10H2,1-4H3. The minimum absolute atomic E-state index is 0.00624. The second kappa shape index (κ2) is 7.07. The van der Waals surface area contributed by atoms with Gasteiger partial charge >= 0.3 is 0 Å². The summed E-state index contributed by atoms with van der Waals surface area (Å²) < 4.78 is 11.0. The highest BCUT2D eigenvalue weighted by Gasteiger charge is 2.25. The van der Waals surface area contributed by atoms with Crippen LogP contribution in [-0.4, -0.2) is 42.3 Å². The van der Waals surface area contributed by atoms with E-state index >= 15 is 0 Å². The van der Waals surface area contributed by atoms with Crippen molar-refractivity contribution in [2.24, 2.45) is 0 Å². The van der Waals surface area contributed by atoms with E-state index in [1.807, 2.05) is 27.8 Å². The highest BCUT2D eigenvalue weighted by molar-refractivity contribution is 5.96. The Kier molecular flexibility index (Phi) is 5.39. The Morgan fingerprint density at radius 1 is 1.43 bits per heavy atom. The fraction of sp³-hybridized carbons (Fsp3) is 0.750. The van der Waals surface area contributed by atoms with E-state index in [0.717, 1.165) is 25.9 Å². The van der Waals surface area contributed by atoms with E-state index in [2.05, 4.69) is 5.16 Å². The third kappa shape index (κ3) is 3.84. The predicted molar refractivity (Wildman–Crippen MR) is 80.5 cm³/mol. The monoisotopic (exact) mass is 294 g/mol. The van der Waals surface area contributed by atoms with Crippen molar-refractivity contribution in [3.8, 4) is 0 Å². The quantitative estimate of drug-likeness (QED) is 0.837. The Labute approximate surface area is 126 Å². The first-order chi connectivity index (χ1) is 10.0. The number of amides is 1. The molecule has 1 aliphatic rings. The number of hydrogen-bond donors (Lipinski definition) is 0. The SMILES string of the molecule is Cc1noc(C(C)C)c1C(=O)N(C)CCC1CCCCO1. The third-order valence-corrected chi connectivity index (χ3v) is 4.03. The van der Waals surface area contributed by atoms with Crippen LogP contribution in [0, 0.1) is 6.92 Å². The molecule has 0 spiro atoms. The zero-order valence-electron chi connectivity index (χ0n) is 13.5. The highest BCUT2D eigenvalue weighted by Crippen LogP contribution is 2.24. The average molecular weight is 294 g/mol. The van der Waals surface area contributed by atoms with E-state index in [1.165, 1.54) is 6.42 Å². The first-order valence-electron chi connectivity index (χ1n) is 7.84. The van der Waals surface area contributed by atoms with Gasteiger partial charge in [0.05, 0.1) is 11.8 Å². The third-order valence-electron chi connectivity index (χ3n) is 4.03. The first-order valence-corrected chi connectivity index (χ1v) is 7.84. The molecule has 0 saturated carbocycles. The van der Waals surface area contributed by atoms with Gasteiger partial charge in [-0.05, 0) is 32.6 Å². The molecule has 2 rings (SSSR count). The van der Waals surface area contributed by atoms with Crippen LogP contribution < -0.4 is 0 Å². The van der Waals surface area contributed by atoms with Gasteiger partial charge in [-0.15, -0.1) is 0 Å². The number of rotatable bonds is 5. The second-order valence-electron chi connectivity index (χ2n) is 6.17. The number of aromatic nitrogens is 1. The molecule has 1 aromatic heterocycles. The molecule has 1 amide bonds. The summed E-state index contributed by atoms with van der Waals surface area (Å²) in [4.78, 5) is 14.4. The van der Waals surface area contributed by atoms with Gasteiger partial charge in [0.2, 0.25) is 0 Å². The lowest BCUT2D eigenvalue weighted by molar-refractivity contribution is 0.00707. The van der Waals surface area contributed by atoms with Crippen molar-refractivity contribution in [1.29, 1.82) is 0 Å². The Morgan fingerprint density at radius 2 is 2.19 bits per heavy atom. The highest BCUT2D eigenvalue weighted by atomic mass is 16.5. The summed E-state index contributed by atoms with van der Waals surface area (Å²) in [5.41, 5.74) is 1.29. The molecule has 1 aliphatic heterocycles. The van der Waals surface area contributed by atoms with Gasteiger partial charge < -0.3 is 14.2 Å². The van der Waals surface area contributed by atoms with Crippen LogP contribution >= 0.6 is 0 Å². The normalized spacial score (nSPS) is 19.0. The van der Waals surface area contributed by atoms with Crippen LogP contribution in [0.2, 0.25) is 0 Å². The molecule has 0 aliphatic carbocycles. The molecule has 1 unspecified atom stereocenters. The van der Waals surface area contributed by atoms with Crippen LogP contribution in [0.3, 0.4) is 0 Å². The van der Waals surface area contributed by atoms with Gasteiger partial charge in [0, 0.05) is 26.1 Å². The summed E-state index contributed by atoms with van der Waals surface area (Å²) in [5, 5.41) is 3.94. The van der Waals surface area contributed by atoms with Gasteiger partial charge in [0.1, 0.15) is 5.56 Å². The molecule has 0 aromatic carbocycles. The number of carbonyl (C=O) groups excluding carboxylic acids is 1. The van der Waals surface area contributed by atoms with Crippen molar-refractivity contribution in [3.05, 3.63) is 17.0 Å². The maximum absolute atomic E-state index is 12.6. The number of carbonyl (C=O) groups is 1. The van der Waals surface area contributed by atoms with Crippen molar-refractivity contribution < 1.29 is 14.1 Å². The molecule has 21 heavy (non-hydrogen) atoms. The van der Waals surface area contributed by atoms with E-state index in [9.17, 15) is 4.79 Å². The smallest absolute Gasteiger partial charge is 0.259 e. The van der Waals surface area contributed by atoms with Crippen molar-refractivity contribution in [2.75, 3.05) is 20.2 Å². The van der Waals surface area contributed by atoms with Crippen molar-refractivity contribution in [2.45, 2.75) is 58.5 Å². The molecule has 5 nitrogen and oxygen atoms in total. The average Bonchev–Trinajstić information content (AvgIpc) is 2.87. The fourth-order valence-corrected chi connectivity index (χ4v) is 2.71. The summed E-state index contributed by atoms with van der Waals surface area (Å²) >= 11 is 0. The predicted octanol–water partition coefficient (Wildman–Crippen LogP) is 3.14. The lowest BCUT2D eigenvalue weighted by Crippen LogP contribution is -2.32. The molecule has 2 heterocycles. The van der Waals surface area contributed by atoms with Gasteiger partial charge in [-0.3, -0.25) is 4.79 Å². The molecular formula is C16H26N2O3. The molecule has 0 radical (unpaired) electrons. The number of hydrogen-bond acceptors (Lipinski definition) is 4. The number of nitrogens with zero attached hydrogens (tertiary/aromatic N) is 2. The molecule has 1 fully saturated rings. The van der Waals surface area contributed by atoms with Crippen molar-refractivity contribution in [3.63, 3.8) is 0 Å². The van der Waals surface area contributed by atoms with Gasteiger partial charge in [0.15, 0.2) is 5.76 Å². The van der Waals surface area contributed by atoms with Gasteiger partial charge in [0.25, 0.3) is 5.91 Å². The van der Waals surface area contributed by atoms with E-state index in [4.69, 9.17) is 9.26 Å². The Hall–Kier alpha value is -1.36. The van der Waals surface area contributed by atoms with Gasteiger partial charge in [-0.1, -0.05) is 19.0 Å². The zero-order chi connectivity index (χ0) is 15.4. The van der Waals surface area contributed by atoms with Gasteiger partial charge in [-0.25, -0.2) is 0 Å². The molecule has 1 atom stereocenters. The molecule has 0 N–H and O–H groups in total. The molecule has 1 saturated heterocycles. The number of ether oxygens (including phenoxy) is 1. The maximum atomic E-state index is 12.6. The van der Waals surface area contributed by atoms with Crippen LogP contribution in [0.4, 0.5) is 0 Å². The second-order valence-corrected chi connectivity index (χ2v) is 6.17. The minimum atomic E-state index is -0.00624. The van der Waals surface area contributed by atoms with E-state index in [-0.39, 0.29) is 11.8 Å². The lowest BCUT2D eigenvalue weighted by atomic mass is 10.0. The van der Waals surface area contributed by atoms with Crippen LogP contribution in [0.1, 0.15) is 67.3 Å². The largest absolute Gasteiger partial charge is 0.378 e. The zero-order valence-corrected chi connectivity index (χ0v) is 13.5. The van der Waals surface area contributed by atoms with Crippen LogP contribution in [-0.2, 0) is 4.74 Å². The molecule has 118 valence electrons. The Bertz CT molecular complexity index is 476. The molecule has 5 heteroatoms. The minimum Gasteiger partial charge on any atom is -0.378 e. The maximum Gasteiger partial charge on any atom is 0.259 e. The molecular weight excluding hydrogens is 268 g/mol.